The number of likely N-dealkylation sites (tertiary alicyclic amines) is 1. The van der Waals surface area contributed by atoms with Gasteiger partial charge < -0.3 is 9.64 Å². The third-order valence-electron chi connectivity index (χ3n) is 5.30. The molecule has 1 saturated heterocycles. The van der Waals surface area contributed by atoms with Crippen LogP contribution < -0.4 is 4.74 Å². The molecule has 0 N–H and O–H groups in total. The van der Waals surface area contributed by atoms with Crippen LogP contribution in [0.25, 0.3) is 0 Å². The van der Waals surface area contributed by atoms with Gasteiger partial charge in [0.1, 0.15) is 5.75 Å². The summed E-state index contributed by atoms with van der Waals surface area (Å²) in [7, 11) is 1.64. The molecular formula is C23H27NO3S. The monoisotopic (exact) mass is 397 g/mol. The zero-order valence-electron chi connectivity index (χ0n) is 16.5. The van der Waals surface area contributed by atoms with Gasteiger partial charge in [0.2, 0.25) is 5.91 Å². The maximum Gasteiger partial charge on any atom is 0.222 e. The van der Waals surface area contributed by atoms with Crippen molar-refractivity contribution in [2.75, 3.05) is 26.5 Å². The molecule has 0 aromatic heterocycles. The highest BCUT2D eigenvalue weighted by molar-refractivity contribution is 7.98. The highest BCUT2D eigenvalue weighted by atomic mass is 32.2. The molecule has 0 spiro atoms. The number of nitrogens with zero attached hydrogens (tertiary/aromatic N) is 1. The Bertz CT molecular complexity index is 819. The Labute approximate surface area is 171 Å². The second kappa shape index (κ2) is 9.78. The molecule has 3 rings (SSSR count). The van der Waals surface area contributed by atoms with Crippen molar-refractivity contribution >= 4 is 23.5 Å². The summed E-state index contributed by atoms with van der Waals surface area (Å²) in [5, 5.41) is 0. The summed E-state index contributed by atoms with van der Waals surface area (Å²) >= 11 is 1.59. The van der Waals surface area contributed by atoms with E-state index in [0.717, 1.165) is 41.2 Å². The van der Waals surface area contributed by atoms with Crippen LogP contribution in [0, 0.1) is 5.92 Å². The predicted octanol–water partition coefficient (Wildman–Crippen LogP) is 4.47. The summed E-state index contributed by atoms with van der Waals surface area (Å²) < 4.78 is 5.17. The molecule has 0 aliphatic carbocycles. The number of rotatable bonds is 7. The first-order valence-electron chi connectivity index (χ1n) is 9.70. The van der Waals surface area contributed by atoms with Crippen LogP contribution in [0.5, 0.6) is 5.75 Å². The lowest BCUT2D eigenvalue weighted by Gasteiger charge is -2.32. The van der Waals surface area contributed by atoms with Crippen LogP contribution in [-0.4, -0.2) is 43.0 Å². The molecule has 1 atom stereocenters. The molecule has 1 heterocycles. The molecule has 2 aromatic carbocycles. The third-order valence-corrected chi connectivity index (χ3v) is 6.10. The van der Waals surface area contributed by atoms with Gasteiger partial charge in [-0.1, -0.05) is 30.3 Å². The van der Waals surface area contributed by atoms with E-state index in [1.54, 1.807) is 18.9 Å². The molecule has 148 valence electrons. The maximum absolute atomic E-state index is 13.0. The molecule has 1 unspecified atom stereocenters. The van der Waals surface area contributed by atoms with Crippen molar-refractivity contribution in [2.24, 2.45) is 5.92 Å². The molecule has 2 aromatic rings. The van der Waals surface area contributed by atoms with Crippen molar-refractivity contribution in [1.82, 2.24) is 4.90 Å². The number of Topliss-reactive ketones (excluding diaryl/α,β-unsaturated/α-hetero) is 1. The molecule has 1 aliphatic rings. The molecule has 1 fully saturated rings. The zero-order valence-corrected chi connectivity index (χ0v) is 17.3. The van der Waals surface area contributed by atoms with Gasteiger partial charge in [-0.3, -0.25) is 9.59 Å². The molecule has 4 nitrogen and oxygen atoms in total. The third kappa shape index (κ3) is 4.96. The normalized spacial score (nSPS) is 16.6. The summed E-state index contributed by atoms with van der Waals surface area (Å²) in [4.78, 5) is 28.6. The maximum atomic E-state index is 13.0. The largest absolute Gasteiger partial charge is 0.497 e. The lowest BCUT2D eigenvalue weighted by Crippen LogP contribution is -2.42. The Morgan fingerprint density at radius 1 is 1.14 bits per heavy atom. The number of ketones is 1. The van der Waals surface area contributed by atoms with E-state index >= 15 is 0 Å². The number of aryl methyl sites for hydroxylation is 1. The SMILES string of the molecule is COc1ccc(CCC(=O)N2CCCC(C(=O)c3ccccc3SC)C2)cc1. The number of thioether (sulfide) groups is 1. The number of ether oxygens (including phenoxy) is 1. The van der Waals surface area contributed by atoms with Gasteiger partial charge in [-0.25, -0.2) is 0 Å². The van der Waals surface area contributed by atoms with Gasteiger partial charge in [0, 0.05) is 35.9 Å². The van der Waals surface area contributed by atoms with Crippen LogP contribution in [-0.2, 0) is 11.2 Å². The summed E-state index contributed by atoms with van der Waals surface area (Å²) in [5.74, 6) is 1.01. The summed E-state index contributed by atoms with van der Waals surface area (Å²) in [6.45, 7) is 1.28. The van der Waals surface area contributed by atoms with Gasteiger partial charge in [0.05, 0.1) is 7.11 Å². The topological polar surface area (TPSA) is 46.6 Å². The van der Waals surface area contributed by atoms with E-state index < -0.39 is 0 Å². The van der Waals surface area contributed by atoms with Crippen molar-refractivity contribution in [3.63, 3.8) is 0 Å². The van der Waals surface area contributed by atoms with E-state index in [-0.39, 0.29) is 17.6 Å². The number of hydrogen-bond acceptors (Lipinski definition) is 4. The zero-order chi connectivity index (χ0) is 19.9. The Kier molecular flexibility index (Phi) is 7.15. The molecule has 0 radical (unpaired) electrons. The first kappa shape index (κ1) is 20.5. The molecular weight excluding hydrogens is 370 g/mol. The lowest BCUT2D eigenvalue weighted by molar-refractivity contribution is -0.132. The Morgan fingerprint density at radius 3 is 2.61 bits per heavy atom. The average Bonchev–Trinajstić information content (AvgIpc) is 2.77. The molecule has 5 heteroatoms. The van der Waals surface area contributed by atoms with Crippen molar-refractivity contribution < 1.29 is 14.3 Å². The molecule has 0 saturated carbocycles. The number of amides is 1. The van der Waals surface area contributed by atoms with Crippen LogP contribution in [0.3, 0.4) is 0 Å². The van der Waals surface area contributed by atoms with Crippen molar-refractivity contribution in [2.45, 2.75) is 30.6 Å². The highest BCUT2D eigenvalue weighted by Crippen LogP contribution is 2.27. The van der Waals surface area contributed by atoms with E-state index in [1.165, 1.54) is 0 Å². The first-order valence-corrected chi connectivity index (χ1v) is 10.9. The quantitative estimate of drug-likeness (QED) is 0.511. The van der Waals surface area contributed by atoms with Crippen LogP contribution in [0.4, 0.5) is 0 Å². The van der Waals surface area contributed by atoms with Crippen LogP contribution in [0.2, 0.25) is 0 Å². The Morgan fingerprint density at radius 2 is 1.89 bits per heavy atom. The Balaban J connectivity index is 1.59. The number of methoxy groups -OCH3 is 1. The van der Waals surface area contributed by atoms with Crippen LogP contribution in [0.15, 0.2) is 53.4 Å². The minimum Gasteiger partial charge on any atom is -0.497 e. The second-order valence-corrected chi connectivity index (χ2v) is 7.94. The fourth-order valence-electron chi connectivity index (χ4n) is 3.69. The van der Waals surface area contributed by atoms with Crippen molar-refractivity contribution in [3.8, 4) is 5.75 Å². The van der Waals surface area contributed by atoms with E-state index in [2.05, 4.69) is 0 Å². The van der Waals surface area contributed by atoms with Crippen molar-refractivity contribution in [3.05, 3.63) is 59.7 Å². The lowest BCUT2D eigenvalue weighted by atomic mass is 9.89. The number of benzene rings is 2. The molecule has 1 aliphatic heterocycles. The van der Waals surface area contributed by atoms with Gasteiger partial charge in [0.15, 0.2) is 5.78 Å². The standard InChI is InChI=1S/C23H27NO3S/c1-27-19-12-9-17(10-13-19)11-14-22(25)24-15-5-6-18(16-24)23(26)20-7-3-4-8-21(20)28-2/h3-4,7-10,12-13,18H,5-6,11,14-16H2,1-2H3. The van der Waals surface area contributed by atoms with Crippen molar-refractivity contribution in [1.29, 1.82) is 0 Å². The number of carbonyl (C=O) groups is 2. The van der Waals surface area contributed by atoms with Crippen LogP contribution >= 0.6 is 11.8 Å². The van der Waals surface area contributed by atoms with E-state index in [9.17, 15) is 9.59 Å². The van der Waals surface area contributed by atoms with E-state index in [4.69, 9.17) is 4.74 Å². The van der Waals surface area contributed by atoms with Crippen LogP contribution in [0.1, 0.15) is 35.2 Å². The van der Waals surface area contributed by atoms with Gasteiger partial charge >= 0.3 is 0 Å². The second-order valence-electron chi connectivity index (χ2n) is 7.09. The highest BCUT2D eigenvalue weighted by Gasteiger charge is 2.29. The first-order chi connectivity index (χ1) is 13.6. The minimum atomic E-state index is -0.105. The Hall–Kier alpha value is -2.27. The fraction of sp³-hybridized carbons (Fsp3) is 0.391. The predicted molar refractivity (Wildman–Crippen MR) is 113 cm³/mol. The van der Waals surface area contributed by atoms with E-state index in [1.807, 2.05) is 59.7 Å². The van der Waals surface area contributed by atoms with Gasteiger partial charge in [-0.2, -0.15) is 0 Å². The molecule has 0 bridgehead atoms. The van der Waals surface area contributed by atoms with Gasteiger partial charge in [-0.05, 0) is 49.3 Å². The summed E-state index contributed by atoms with van der Waals surface area (Å²) in [5.41, 5.74) is 1.90. The van der Waals surface area contributed by atoms with Gasteiger partial charge in [-0.15, -0.1) is 11.8 Å². The smallest absolute Gasteiger partial charge is 0.222 e. The molecule has 1 amide bonds. The summed E-state index contributed by atoms with van der Waals surface area (Å²) in [6, 6.07) is 15.6. The number of piperidine rings is 1. The minimum absolute atomic E-state index is 0.105. The number of carbonyl (C=O) groups excluding carboxylic acids is 2. The molecule has 28 heavy (non-hydrogen) atoms. The summed E-state index contributed by atoms with van der Waals surface area (Å²) in [6.07, 6.45) is 4.89. The average molecular weight is 398 g/mol. The van der Waals surface area contributed by atoms with Gasteiger partial charge in [0.25, 0.3) is 0 Å². The number of hydrogen-bond donors (Lipinski definition) is 0. The van der Waals surface area contributed by atoms with E-state index in [0.29, 0.717) is 19.4 Å². The fourth-order valence-corrected chi connectivity index (χ4v) is 4.29.